The van der Waals surface area contributed by atoms with Gasteiger partial charge in [0, 0.05) is 36.7 Å². The van der Waals surface area contributed by atoms with Gasteiger partial charge in [0.2, 0.25) is 5.91 Å². The van der Waals surface area contributed by atoms with Crippen LogP contribution < -0.4 is 5.32 Å². The van der Waals surface area contributed by atoms with Crippen LogP contribution in [0.4, 0.5) is 13.2 Å². The molecule has 1 amide bonds. The number of nitrogens with one attached hydrogen (secondary N) is 1. The van der Waals surface area contributed by atoms with Crippen molar-refractivity contribution in [2.24, 2.45) is 5.92 Å². The number of rotatable bonds is 5. The molecule has 3 heterocycles. The number of thiophene rings is 1. The minimum Gasteiger partial charge on any atom is -0.475 e. The van der Waals surface area contributed by atoms with Crippen molar-refractivity contribution in [2.45, 2.75) is 69.3 Å². The molecule has 0 radical (unpaired) electrons. The Morgan fingerprint density at radius 3 is 2.58 bits per heavy atom. The Bertz CT molecular complexity index is 723. The quantitative estimate of drug-likeness (QED) is 0.701. The number of ether oxygens (including phenoxy) is 1. The van der Waals surface area contributed by atoms with Crippen molar-refractivity contribution in [3.05, 3.63) is 22.4 Å². The van der Waals surface area contributed by atoms with Gasteiger partial charge >= 0.3 is 12.1 Å². The number of likely N-dealkylation sites (tertiary alicyclic amines) is 1. The highest BCUT2D eigenvalue weighted by molar-refractivity contribution is 7.09. The van der Waals surface area contributed by atoms with E-state index in [0.717, 1.165) is 39.0 Å². The minimum absolute atomic E-state index is 0.0910. The number of halogens is 3. The van der Waals surface area contributed by atoms with Crippen molar-refractivity contribution in [3.63, 3.8) is 0 Å². The van der Waals surface area contributed by atoms with Gasteiger partial charge in [-0.25, -0.2) is 4.79 Å². The van der Waals surface area contributed by atoms with Crippen LogP contribution in [-0.2, 0) is 20.7 Å². The van der Waals surface area contributed by atoms with Crippen molar-refractivity contribution in [1.82, 2.24) is 10.2 Å². The van der Waals surface area contributed by atoms with E-state index in [1.165, 1.54) is 30.6 Å². The topological polar surface area (TPSA) is 78.9 Å². The summed E-state index contributed by atoms with van der Waals surface area (Å²) in [5.74, 6) is -2.44. The molecule has 174 valence electrons. The average molecular weight is 463 g/mol. The number of hydrogen-bond acceptors (Lipinski definition) is 5. The number of carboxylic acid groups (broad SMARTS) is 1. The summed E-state index contributed by atoms with van der Waals surface area (Å²) in [4.78, 5) is 25.6. The van der Waals surface area contributed by atoms with Gasteiger partial charge in [0.15, 0.2) is 0 Å². The molecule has 1 aromatic rings. The van der Waals surface area contributed by atoms with E-state index in [9.17, 15) is 18.0 Å². The summed E-state index contributed by atoms with van der Waals surface area (Å²) in [5.41, 5.74) is 0. The number of nitrogens with zero attached hydrogens (tertiary/aromatic N) is 1. The summed E-state index contributed by atoms with van der Waals surface area (Å²) in [7, 11) is 0. The van der Waals surface area contributed by atoms with Crippen LogP contribution in [0.3, 0.4) is 0 Å². The first-order valence-corrected chi connectivity index (χ1v) is 11.6. The van der Waals surface area contributed by atoms with Crippen LogP contribution in [0.1, 0.15) is 43.4 Å². The highest BCUT2D eigenvalue weighted by atomic mass is 32.1. The Morgan fingerprint density at radius 1 is 1.26 bits per heavy atom. The van der Waals surface area contributed by atoms with Gasteiger partial charge in [-0.3, -0.25) is 9.69 Å². The molecule has 3 aliphatic rings. The van der Waals surface area contributed by atoms with Crippen molar-refractivity contribution >= 4 is 23.2 Å². The second kappa shape index (κ2) is 10.8. The summed E-state index contributed by atoms with van der Waals surface area (Å²) in [6.45, 7) is 2.54. The van der Waals surface area contributed by atoms with E-state index < -0.39 is 12.1 Å². The lowest BCUT2D eigenvalue weighted by Gasteiger charge is -2.43. The molecular weight excluding hydrogens is 433 g/mol. The summed E-state index contributed by atoms with van der Waals surface area (Å²) in [5, 5.41) is 12.4. The third-order valence-corrected chi connectivity index (χ3v) is 7.14. The number of carbonyl (C=O) groups is 2. The maximum Gasteiger partial charge on any atom is 0.490 e. The first-order chi connectivity index (χ1) is 14.8. The lowest BCUT2D eigenvalue weighted by atomic mass is 9.88. The third kappa shape index (κ3) is 6.66. The molecule has 2 aliphatic heterocycles. The number of carbonyl (C=O) groups excluding carboxylic acids is 1. The Morgan fingerprint density at radius 2 is 1.97 bits per heavy atom. The van der Waals surface area contributed by atoms with E-state index in [0.29, 0.717) is 12.1 Å². The Labute approximate surface area is 183 Å². The SMILES string of the molecule is O=C(NCCc1cccs1)[C@H]1C[C@H]2OCC[C@H]2N(C2CCCC2)C1.O=C(O)C(F)(F)F. The van der Waals surface area contributed by atoms with Gasteiger partial charge in [0.1, 0.15) is 0 Å². The van der Waals surface area contributed by atoms with Gasteiger partial charge in [-0.05, 0) is 43.6 Å². The summed E-state index contributed by atoms with van der Waals surface area (Å²) in [6.07, 6.45) is 3.46. The first-order valence-electron chi connectivity index (χ1n) is 10.7. The molecule has 0 unspecified atom stereocenters. The number of hydrogen-bond donors (Lipinski definition) is 2. The number of amides is 1. The van der Waals surface area contributed by atoms with E-state index in [1.807, 2.05) is 0 Å². The molecule has 1 aromatic heterocycles. The van der Waals surface area contributed by atoms with E-state index in [2.05, 4.69) is 27.7 Å². The Kier molecular flexibility index (Phi) is 8.35. The highest BCUT2D eigenvalue weighted by Gasteiger charge is 2.44. The zero-order valence-corrected chi connectivity index (χ0v) is 18.1. The van der Waals surface area contributed by atoms with Gasteiger partial charge in [-0.1, -0.05) is 18.9 Å². The van der Waals surface area contributed by atoms with Gasteiger partial charge in [0.25, 0.3) is 0 Å². The second-order valence-corrected chi connectivity index (χ2v) is 9.29. The summed E-state index contributed by atoms with van der Waals surface area (Å²) >= 11 is 1.76. The van der Waals surface area contributed by atoms with Gasteiger partial charge in [-0.2, -0.15) is 13.2 Å². The fourth-order valence-electron chi connectivity index (χ4n) is 4.74. The second-order valence-electron chi connectivity index (χ2n) is 8.26. The number of aliphatic carboxylic acids is 1. The molecule has 3 fully saturated rings. The van der Waals surface area contributed by atoms with Crippen LogP contribution in [0.15, 0.2) is 17.5 Å². The molecular formula is C21H29F3N2O4S. The monoisotopic (exact) mass is 462 g/mol. The van der Waals surface area contributed by atoms with Crippen LogP contribution in [0.25, 0.3) is 0 Å². The normalized spacial score (nSPS) is 26.7. The van der Waals surface area contributed by atoms with Crippen molar-refractivity contribution < 1.29 is 32.6 Å². The van der Waals surface area contributed by atoms with E-state index in [1.54, 1.807) is 11.3 Å². The van der Waals surface area contributed by atoms with Gasteiger partial charge < -0.3 is 15.2 Å². The van der Waals surface area contributed by atoms with Crippen LogP contribution >= 0.6 is 11.3 Å². The molecule has 0 spiro atoms. The van der Waals surface area contributed by atoms with Crippen LogP contribution in [0.2, 0.25) is 0 Å². The molecule has 10 heteroatoms. The number of alkyl halides is 3. The van der Waals surface area contributed by atoms with Crippen LogP contribution in [0, 0.1) is 5.92 Å². The maximum absolute atomic E-state index is 12.7. The minimum atomic E-state index is -5.08. The lowest BCUT2D eigenvalue weighted by molar-refractivity contribution is -0.192. The number of piperidine rings is 1. The van der Waals surface area contributed by atoms with E-state index in [4.69, 9.17) is 14.6 Å². The highest BCUT2D eigenvalue weighted by Crippen LogP contribution is 2.36. The van der Waals surface area contributed by atoms with E-state index in [-0.39, 0.29) is 17.9 Å². The molecule has 31 heavy (non-hydrogen) atoms. The molecule has 1 saturated carbocycles. The zero-order valence-electron chi connectivity index (χ0n) is 17.3. The zero-order chi connectivity index (χ0) is 22.4. The summed E-state index contributed by atoms with van der Waals surface area (Å²) < 4.78 is 37.7. The van der Waals surface area contributed by atoms with Crippen molar-refractivity contribution in [2.75, 3.05) is 19.7 Å². The van der Waals surface area contributed by atoms with Crippen molar-refractivity contribution in [1.29, 1.82) is 0 Å². The molecule has 4 rings (SSSR count). The molecule has 2 N–H and O–H groups in total. The largest absolute Gasteiger partial charge is 0.490 e. The van der Waals surface area contributed by atoms with E-state index >= 15 is 0 Å². The summed E-state index contributed by atoms with van der Waals surface area (Å²) in [6, 6.07) is 5.44. The predicted octanol–water partition coefficient (Wildman–Crippen LogP) is 3.46. The molecule has 0 bridgehead atoms. The standard InChI is InChI=1S/C19H28N2O2S.C2HF3O2/c22-19(20-9-7-16-6-3-11-24-16)14-12-18-17(8-10-23-18)21(13-14)15-4-1-2-5-15;3-2(4,5)1(6)7/h3,6,11,14-15,17-18H,1-2,4-5,7-10,12-13H2,(H,20,22);(H,6,7)/t14-,17+,18+;/m0./s1. The smallest absolute Gasteiger partial charge is 0.475 e. The van der Waals surface area contributed by atoms with Crippen LogP contribution in [0.5, 0.6) is 0 Å². The van der Waals surface area contributed by atoms with Gasteiger partial charge in [0.05, 0.1) is 12.0 Å². The predicted molar refractivity (Wildman–Crippen MR) is 110 cm³/mol. The fraction of sp³-hybridized carbons (Fsp3) is 0.714. The molecule has 6 nitrogen and oxygen atoms in total. The first kappa shape index (κ1) is 24.0. The Hall–Kier alpha value is -1.65. The Balaban J connectivity index is 0.000000339. The molecule has 3 atom stereocenters. The average Bonchev–Trinajstić information content (AvgIpc) is 3.48. The lowest BCUT2D eigenvalue weighted by Crippen LogP contribution is -2.55. The van der Waals surface area contributed by atoms with Gasteiger partial charge in [-0.15, -0.1) is 11.3 Å². The number of carboxylic acids is 1. The molecule has 1 aliphatic carbocycles. The van der Waals surface area contributed by atoms with Crippen LogP contribution in [-0.4, -0.2) is 65.9 Å². The van der Waals surface area contributed by atoms with Crippen molar-refractivity contribution in [3.8, 4) is 0 Å². The molecule has 0 aromatic carbocycles. The number of fused-ring (bicyclic) bond motifs is 1. The maximum atomic E-state index is 12.7. The third-order valence-electron chi connectivity index (χ3n) is 6.21. The fourth-order valence-corrected chi connectivity index (χ4v) is 5.45. The molecule has 2 saturated heterocycles.